The van der Waals surface area contributed by atoms with Gasteiger partial charge in [-0.15, -0.1) is 0 Å². The molecule has 2 saturated carbocycles. The number of rotatable bonds is 10. The van der Waals surface area contributed by atoms with Gasteiger partial charge in [-0.1, -0.05) is 0 Å². The summed E-state index contributed by atoms with van der Waals surface area (Å²) < 4.78 is 4.97. The maximum atomic E-state index is 12.0. The highest BCUT2D eigenvalue weighted by Crippen LogP contribution is 2.29. The third-order valence-corrected chi connectivity index (χ3v) is 4.47. The van der Waals surface area contributed by atoms with Gasteiger partial charge in [0.2, 0.25) is 0 Å². The minimum atomic E-state index is -0.495. The number of hydrogen-bond acceptors (Lipinski definition) is 4. The second kappa shape index (κ2) is 6.90. The van der Waals surface area contributed by atoms with Crippen molar-refractivity contribution in [3.05, 3.63) is 0 Å². The van der Waals surface area contributed by atoms with Crippen molar-refractivity contribution in [1.82, 2.24) is 10.2 Å². The fourth-order valence-corrected chi connectivity index (χ4v) is 2.83. The molecule has 4 heteroatoms. The molecule has 0 saturated heterocycles. The van der Waals surface area contributed by atoms with Crippen LogP contribution in [0, 0.1) is 5.92 Å². The van der Waals surface area contributed by atoms with Gasteiger partial charge in [0.05, 0.1) is 7.11 Å². The predicted molar refractivity (Wildman–Crippen MR) is 80.7 cm³/mol. The number of nitrogens with one attached hydrogen (secondary N) is 1. The SMILES string of the molecule is COC(=O)C(C)(CCCCN(C)CC1CC1)NC1CC1. The van der Waals surface area contributed by atoms with Crippen LogP contribution < -0.4 is 5.32 Å². The first kappa shape index (κ1) is 15.8. The summed E-state index contributed by atoms with van der Waals surface area (Å²) in [6.07, 6.45) is 8.30. The highest BCUT2D eigenvalue weighted by atomic mass is 16.5. The number of carbonyl (C=O) groups is 1. The van der Waals surface area contributed by atoms with Crippen LogP contribution in [-0.2, 0) is 9.53 Å². The maximum absolute atomic E-state index is 12.0. The molecule has 2 aliphatic carbocycles. The molecule has 0 aromatic rings. The first-order valence-electron chi connectivity index (χ1n) is 8.08. The molecule has 0 heterocycles. The topological polar surface area (TPSA) is 41.6 Å². The van der Waals surface area contributed by atoms with Crippen LogP contribution in [0.1, 0.15) is 51.9 Å². The van der Waals surface area contributed by atoms with E-state index in [9.17, 15) is 4.79 Å². The predicted octanol–water partition coefficient (Wildman–Crippen LogP) is 2.18. The highest BCUT2D eigenvalue weighted by Gasteiger charge is 2.38. The van der Waals surface area contributed by atoms with Crippen LogP contribution in [0.4, 0.5) is 0 Å². The van der Waals surface area contributed by atoms with E-state index in [0.717, 1.165) is 31.7 Å². The lowest BCUT2D eigenvalue weighted by Crippen LogP contribution is -2.51. The van der Waals surface area contributed by atoms with Crippen LogP contribution in [0.2, 0.25) is 0 Å². The van der Waals surface area contributed by atoms with E-state index in [2.05, 4.69) is 17.3 Å². The van der Waals surface area contributed by atoms with E-state index in [1.807, 2.05) is 6.92 Å². The van der Waals surface area contributed by atoms with Crippen LogP contribution in [0.15, 0.2) is 0 Å². The van der Waals surface area contributed by atoms with Crippen molar-refractivity contribution in [3.63, 3.8) is 0 Å². The van der Waals surface area contributed by atoms with Crippen molar-refractivity contribution >= 4 is 5.97 Å². The van der Waals surface area contributed by atoms with E-state index in [1.165, 1.54) is 39.3 Å². The summed E-state index contributed by atoms with van der Waals surface area (Å²) in [4.78, 5) is 14.4. The lowest BCUT2D eigenvalue weighted by atomic mass is 9.94. The van der Waals surface area contributed by atoms with Crippen molar-refractivity contribution in [2.75, 3.05) is 27.2 Å². The molecule has 20 heavy (non-hydrogen) atoms. The Bertz CT molecular complexity index is 326. The molecular weight excluding hydrogens is 252 g/mol. The molecule has 1 unspecified atom stereocenters. The zero-order valence-electron chi connectivity index (χ0n) is 13.3. The van der Waals surface area contributed by atoms with Crippen LogP contribution in [0.3, 0.4) is 0 Å². The highest BCUT2D eigenvalue weighted by molar-refractivity contribution is 5.80. The van der Waals surface area contributed by atoms with Crippen LogP contribution in [-0.4, -0.2) is 49.7 Å². The molecule has 0 aromatic carbocycles. The van der Waals surface area contributed by atoms with Crippen LogP contribution in [0.25, 0.3) is 0 Å². The average Bonchev–Trinajstić information content (AvgIpc) is 3.30. The third-order valence-electron chi connectivity index (χ3n) is 4.47. The van der Waals surface area contributed by atoms with Gasteiger partial charge in [-0.05, 0) is 71.4 Å². The van der Waals surface area contributed by atoms with Gasteiger partial charge >= 0.3 is 5.97 Å². The zero-order chi connectivity index (χ0) is 14.6. The lowest BCUT2D eigenvalue weighted by Gasteiger charge is -2.28. The van der Waals surface area contributed by atoms with Gasteiger partial charge in [0.25, 0.3) is 0 Å². The number of unbranched alkanes of at least 4 members (excludes halogenated alkanes) is 1. The van der Waals surface area contributed by atoms with Crippen LogP contribution in [0.5, 0.6) is 0 Å². The van der Waals surface area contributed by atoms with Crippen molar-refractivity contribution in [1.29, 1.82) is 0 Å². The van der Waals surface area contributed by atoms with Gasteiger partial charge in [-0.3, -0.25) is 10.1 Å². The summed E-state index contributed by atoms with van der Waals surface area (Å²) >= 11 is 0. The number of nitrogens with zero attached hydrogens (tertiary/aromatic N) is 1. The summed E-state index contributed by atoms with van der Waals surface area (Å²) in [5.41, 5.74) is -0.495. The Morgan fingerprint density at radius 1 is 1.30 bits per heavy atom. The summed E-state index contributed by atoms with van der Waals surface area (Å²) in [5.74, 6) is 0.840. The van der Waals surface area contributed by atoms with Gasteiger partial charge in [-0.25, -0.2) is 0 Å². The van der Waals surface area contributed by atoms with E-state index >= 15 is 0 Å². The van der Waals surface area contributed by atoms with Gasteiger partial charge in [0.15, 0.2) is 0 Å². The fraction of sp³-hybridized carbons (Fsp3) is 0.938. The average molecular weight is 282 g/mol. The van der Waals surface area contributed by atoms with Crippen molar-refractivity contribution in [3.8, 4) is 0 Å². The molecule has 0 radical (unpaired) electrons. The monoisotopic (exact) mass is 282 g/mol. The number of methoxy groups -OCH3 is 1. The number of ether oxygens (including phenoxy) is 1. The minimum Gasteiger partial charge on any atom is -0.468 e. The van der Waals surface area contributed by atoms with E-state index in [1.54, 1.807) is 0 Å². The largest absolute Gasteiger partial charge is 0.468 e. The summed E-state index contributed by atoms with van der Waals surface area (Å²) in [6, 6.07) is 0.525. The van der Waals surface area contributed by atoms with Gasteiger partial charge < -0.3 is 9.64 Å². The Morgan fingerprint density at radius 2 is 2.00 bits per heavy atom. The molecule has 1 atom stereocenters. The molecular formula is C16H30N2O2. The molecule has 0 aliphatic heterocycles. The molecule has 0 spiro atoms. The molecule has 1 N–H and O–H groups in total. The lowest BCUT2D eigenvalue weighted by molar-refractivity contribution is -0.148. The standard InChI is InChI=1S/C16H30N2O2/c1-16(15(19)20-3,17-14-8-9-14)10-4-5-11-18(2)12-13-6-7-13/h13-14,17H,4-12H2,1-3H3. The zero-order valence-corrected chi connectivity index (χ0v) is 13.3. The van der Waals surface area contributed by atoms with Gasteiger partial charge in [0, 0.05) is 12.6 Å². The van der Waals surface area contributed by atoms with Crippen LogP contribution >= 0.6 is 0 Å². The van der Waals surface area contributed by atoms with E-state index in [4.69, 9.17) is 4.74 Å². The Hall–Kier alpha value is -0.610. The quantitative estimate of drug-likeness (QED) is 0.492. The Morgan fingerprint density at radius 3 is 2.55 bits per heavy atom. The van der Waals surface area contributed by atoms with Gasteiger partial charge in [0.1, 0.15) is 5.54 Å². The van der Waals surface area contributed by atoms with Crippen molar-refractivity contribution in [2.45, 2.75) is 63.5 Å². The second-order valence-electron chi connectivity index (χ2n) is 6.91. The molecule has 0 amide bonds. The molecule has 116 valence electrons. The minimum absolute atomic E-state index is 0.115. The molecule has 4 nitrogen and oxygen atoms in total. The smallest absolute Gasteiger partial charge is 0.325 e. The normalized spacial score (nSPS) is 21.8. The van der Waals surface area contributed by atoms with Crippen molar-refractivity contribution < 1.29 is 9.53 Å². The Labute approximate surface area is 123 Å². The van der Waals surface area contributed by atoms with E-state index in [0.29, 0.717) is 6.04 Å². The van der Waals surface area contributed by atoms with E-state index in [-0.39, 0.29) is 5.97 Å². The number of esters is 1. The summed E-state index contributed by atoms with van der Waals surface area (Å²) in [7, 11) is 3.69. The number of carbonyl (C=O) groups excluding carboxylic acids is 1. The second-order valence-corrected chi connectivity index (χ2v) is 6.91. The Balaban J connectivity index is 1.66. The molecule has 0 bridgehead atoms. The van der Waals surface area contributed by atoms with Gasteiger partial charge in [-0.2, -0.15) is 0 Å². The molecule has 0 aromatic heterocycles. The molecule has 2 aliphatic rings. The summed E-state index contributed by atoms with van der Waals surface area (Å²) in [5, 5.41) is 3.46. The first-order valence-corrected chi connectivity index (χ1v) is 8.08. The fourth-order valence-electron chi connectivity index (χ4n) is 2.83. The molecule has 2 rings (SSSR count). The first-order chi connectivity index (χ1) is 9.53. The number of hydrogen-bond donors (Lipinski definition) is 1. The third kappa shape index (κ3) is 5.06. The van der Waals surface area contributed by atoms with Crippen molar-refractivity contribution in [2.24, 2.45) is 5.92 Å². The maximum Gasteiger partial charge on any atom is 0.325 e. The van der Waals surface area contributed by atoms with E-state index < -0.39 is 5.54 Å². The molecule has 2 fully saturated rings. The summed E-state index contributed by atoms with van der Waals surface area (Å²) in [6.45, 7) is 4.37. The Kier molecular flexibility index (Phi) is 5.44.